The highest BCUT2D eigenvalue weighted by atomic mass is 16.2. The number of pyridine rings is 1. The number of carbonyl (C=O) groups is 2. The molecule has 2 amide bonds. The summed E-state index contributed by atoms with van der Waals surface area (Å²) in [6.45, 7) is -0.0951. The highest BCUT2D eigenvalue weighted by Gasteiger charge is 2.23. The number of rotatable bonds is 5. The topological polar surface area (TPSA) is 80.2 Å². The fraction of sp³-hybridized carbons (Fsp3) is 0.190. The first-order valence-electron chi connectivity index (χ1n) is 8.89. The Balaban J connectivity index is 1.47. The Morgan fingerprint density at radius 1 is 1.04 bits per heavy atom. The minimum atomic E-state index is -0.327. The van der Waals surface area contributed by atoms with Gasteiger partial charge in [0.25, 0.3) is 11.5 Å². The van der Waals surface area contributed by atoms with E-state index in [0.717, 1.165) is 18.2 Å². The Bertz CT molecular complexity index is 1080. The van der Waals surface area contributed by atoms with Crippen LogP contribution in [0.15, 0.2) is 65.6 Å². The van der Waals surface area contributed by atoms with Crippen molar-refractivity contribution in [1.82, 2.24) is 9.88 Å². The fourth-order valence-corrected chi connectivity index (χ4v) is 2.94. The molecule has 1 aromatic heterocycles. The lowest BCUT2D eigenvalue weighted by Crippen LogP contribution is -2.27. The molecule has 2 N–H and O–H groups in total. The zero-order valence-electron chi connectivity index (χ0n) is 14.6. The number of hydrogen-bond acceptors (Lipinski definition) is 3. The lowest BCUT2D eigenvalue weighted by molar-refractivity contribution is -0.116. The summed E-state index contributed by atoms with van der Waals surface area (Å²) in [7, 11) is 0. The van der Waals surface area contributed by atoms with Crippen LogP contribution in [0.3, 0.4) is 0 Å². The Morgan fingerprint density at radius 2 is 1.85 bits per heavy atom. The van der Waals surface area contributed by atoms with Crippen LogP contribution in [0.1, 0.15) is 23.2 Å². The Kier molecular flexibility index (Phi) is 4.46. The molecule has 0 saturated heterocycles. The van der Waals surface area contributed by atoms with E-state index in [2.05, 4.69) is 10.6 Å². The molecule has 0 bridgehead atoms. The van der Waals surface area contributed by atoms with Gasteiger partial charge in [-0.05, 0) is 48.6 Å². The number of fused-ring (bicyclic) bond motifs is 1. The summed E-state index contributed by atoms with van der Waals surface area (Å²) in [6, 6.07) is 16.1. The normalized spacial score (nSPS) is 13.3. The second-order valence-electron chi connectivity index (χ2n) is 6.71. The van der Waals surface area contributed by atoms with Crippen molar-refractivity contribution in [1.29, 1.82) is 0 Å². The van der Waals surface area contributed by atoms with Crippen molar-refractivity contribution in [3.05, 3.63) is 76.7 Å². The summed E-state index contributed by atoms with van der Waals surface area (Å²) in [4.78, 5) is 37.0. The van der Waals surface area contributed by atoms with Gasteiger partial charge in [0.15, 0.2) is 0 Å². The van der Waals surface area contributed by atoms with Gasteiger partial charge in [-0.1, -0.05) is 24.3 Å². The lowest BCUT2D eigenvalue weighted by Gasteiger charge is -2.10. The SMILES string of the molecule is O=C(Cn1ccc2ccccc2c1=O)Nc1cccc(C(=O)NC2CC2)c1. The molecule has 0 atom stereocenters. The van der Waals surface area contributed by atoms with Crippen LogP contribution in [-0.4, -0.2) is 22.4 Å². The van der Waals surface area contributed by atoms with Crippen LogP contribution in [0.4, 0.5) is 5.69 Å². The van der Waals surface area contributed by atoms with Crippen LogP contribution >= 0.6 is 0 Å². The molecule has 1 fully saturated rings. The maximum Gasteiger partial charge on any atom is 0.258 e. The smallest absolute Gasteiger partial charge is 0.258 e. The number of aromatic nitrogens is 1. The molecular weight excluding hydrogens is 342 g/mol. The van der Waals surface area contributed by atoms with Gasteiger partial charge < -0.3 is 15.2 Å². The third-order valence-electron chi connectivity index (χ3n) is 4.52. The summed E-state index contributed by atoms with van der Waals surface area (Å²) >= 11 is 0. The summed E-state index contributed by atoms with van der Waals surface area (Å²) in [5, 5.41) is 7.09. The first-order chi connectivity index (χ1) is 13.1. The molecule has 1 aliphatic carbocycles. The second-order valence-corrected chi connectivity index (χ2v) is 6.71. The third-order valence-corrected chi connectivity index (χ3v) is 4.52. The van der Waals surface area contributed by atoms with Gasteiger partial charge in [-0.3, -0.25) is 14.4 Å². The van der Waals surface area contributed by atoms with E-state index in [1.807, 2.05) is 18.2 Å². The van der Waals surface area contributed by atoms with Crippen LogP contribution in [-0.2, 0) is 11.3 Å². The molecule has 1 heterocycles. The average Bonchev–Trinajstić information content (AvgIpc) is 3.48. The maximum atomic E-state index is 12.5. The average molecular weight is 361 g/mol. The summed E-state index contributed by atoms with van der Waals surface area (Å²) in [6.07, 6.45) is 3.65. The van der Waals surface area contributed by atoms with Crippen molar-refractivity contribution in [3.63, 3.8) is 0 Å². The van der Waals surface area contributed by atoms with Gasteiger partial charge in [0.05, 0.1) is 0 Å². The van der Waals surface area contributed by atoms with Gasteiger partial charge in [-0.2, -0.15) is 0 Å². The van der Waals surface area contributed by atoms with Crippen LogP contribution in [0.2, 0.25) is 0 Å². The second kappa shape index (κ2) is 7.07. The van der Waals surface area contributed by atoms with Gasteiger partial charge in [0.1, 0.15) is 6.54 Å². The van der Waals surface area contributed by atoms with Gasteiger partial charge in [-0.15, -0.1) is 0 Å². The third kappa shape index (κ3) is 3.89. The van der Waals surface area contributed by atoms with E-state index in [-0.39, 0.29) is 30.0 Å². The molecule has 136 valence electrons. The molecule has 0 spiro atoms. The Labute approximate surface area is 155 Å². The zero-order valence-corrected chi connectivity index (χ0v) is 14.6. The quantitative estimate of drug-likeness (QED) is 0.733. The van der Waals surface area contributed by atoms with Crippen LogP contribution in [0.5, 0.6) is 0 Å². The number of hydrogen-bond donors (Lipinski definition) is 2. The minimum Gasteiger partial charge on any atom is -0.349 e. The molecule has 1 aliphatic rings. The molecule has 6 nitrogen and oxygen atoms in total. The number of nitrogens with zero attached hydrogens (tertiary/aromatic N) is 1. The number of carbonyl (C=O) groups excluding carboxylic acids is 2. The number of benzene rings is 2. The molecule has 1 saturated carbocycles. The first-order valence-corrected chi connectivity index (χ1v) is 8.89. The van der Waals surface area contributed by atoms with E-state index in [9.17, 15) is 14.4 Å². The predicted octanol–water partition coefficient (Wildman–Crippen LogP) is 2.53. The highest BCUT2D eigenvalue weighted by molar-refractivity contribution is 5.97. The van der Waals surface area contributed by atoms with E-state index in [1.54, 1.807) is 42.6 Å². The van der Waals surface area contributed by atoms with Crippen molar-refractivity contribution in [3.8, 4) is 0 Å². The van der Waals surface area contributed by atoms with E-state index >= 15 is 0 Å². The predicted molar refractivity (Wildman–Crippen MR) is 104 cm³/mol. The van der Waals surface area contributed by atoms with Crippen molar-refractivity contribution < 1.29 is 9.59 Å². The fourth-order valence-electron chi connectivity index (χ4n) is 2.94. The summed E-state index contributed by atoms with van der Waals surface area (Å²) in [5.74, 6) is -0.466. The molecule has 27 heavy (non-hydrogen) atoms. The highest BCUT2D eigenvalue weighted by Crippen LogP contribution is 2.20. The monoisotopic (exact) mass is 361 g/mol. The number of nitrogens with one attached hydrogen (secondary N) is 2. The largest absolute Gasteiger partial charge is 0.349 e. The van der Waals surface area contributed by atoms with E-state index < -0.39 is 0 Å². The van der Waals surface area contributed by atoms with Gasteiger partial charge in [0.2, 0.25) is 5.91 Å². The standard InChI is InChI=1S/C21H19N3O3/c25-19(13-24-11-10-14-4-1-2-7-18(14)21(24)27)22-17-6-3-5-15(12-17)20(26)23-16-8-9-16/h1-7,10-12,16H,8-9,13H2,(H,22,25)(H,23,26). The lowest BCUT2D eigenvalue weighted by atomic mass is 10.2. The van der Waals surface area contributed by atoms with Gasteiger partial charge >= 0.3 is 0 Å². The number of anilines is 1. The molecule has 0 unspecified atom stereocenters. The number of amides is 2. The Morgan fingerprint density at radius 3 is 2.67 bits per heavy atom. The Hall–Kier alpha value is -3.41. The summed E-state index contributed by atoms with van der Waals surface area (Å²) in [5.41, 5.74) is 0.820. The molecule has 6 heteroatoms. The summed E-state index contributed by atoms with van der Waals surface area (Å²) < 4.78 is 1.38. The molecule has 3 aromatic rings. The molecule has 0 aliphatic heterocycles. The van der Waals surface area contributed by atoms with Crippen LogP contribution in [0.25, 0.3) is 10.8 Å². The minimum absolute atomic E-state index is 0.0951. The van der Waals surface area contributed by atoms with E-state index in [0.29, 0.717) is 16.6 Å². The zero-order chi connectivity index (χ0) is 18.8. The van der Waals surface area contributed by atoms with E-state index in [1.165, 1.54) is 4.57 Å². The van der Waals surface area contributed by atoms with Crippen LogP contribution < -0.4 is 16.2 Å². The first kappa shape index (κ1) is 17.0. The molecule has 2 aromatic carbocycles. The maximum absolute atomic E-state index is 12.5. The van der Waals surface area contributed by atoms with Crippen LogP contribution in [0, 0.1) is 0 Å². The van der Waals surface area contributed by atoms with Crippen molar-refractivity contribution >= 4 is 28.3 Å². The van der Waals surface area contributed by atoms with Gasteiger partial charge in [0, 0.05) is 28.9 Å². The molecular formula is C21H19N3O3. The van der Waals surface area contributed by atoms with Crippen molar-refractivity contribution in [2.75, 3.05) is 5.32 Å². The molecule has 0 radical (unpaired) electrons. The van der Waals surface area contributed by atoms with E-state index in [4.69, 9.17) is 0 Å². The molecule has 4 rings (SSSR count). The van der Waals surface area contributed by atoms with Gasteiger partial charge in [-0.25, -0.2) is 0 Å². The van der Waals surface area contributed by atoms with Crippen molar-refractivity contribution in [2.45, 2.75) is 25.4 Å². The van der Waals surface area contributed by atoms with Crippen molar-refractivity contribution in [2.24, 2.45) is 0 Å².